The summed E-state index contributed by atoms with van der Waals surface area (Å²) in [6, 6.07) is 14.6. The van der Waals surface area contributed by atoms with E-state index in [-0.39, 0.29) is 69.0 Å². The zero-order valence-electron chi connectivity index (χ0n) is 23.2. The van der Waals surface area contributed by atoms with Gasteiger partial charge in [-0.1, -0.05) is 41.5 Å². The van der Waals surface area contributed by atoms with E-state index in [1.807, 2.05) is 0 Å². The van der Waals surface area contributed by atoms with Gasteiger partial charge in [-0.25, -0.2) is 22.0 Å². The highest BCUT2D eigenvalue weighted by Gasteiger charge is 2.21. The van der Waals surface area contributed by atoms with Crippen LogP contribution in [0.4, 0.5) is 27.6 Å². The summed E-state index contributed by atoms with van der Waals surface area (Å²) in [5.74, 6) is -4.57. The summed E-state index contributed by atoms with van der Waals surface area (Å²) in [5, 5.41) is 3.33. The molecule has 0 amide bonds. The standard InChI is InChI=1S/C16H13F3O.C16H13F2N3O/c1-9-7-12(10(2)20)13(16(19)15(9)18)8-11-5-3-4-6-14(11)17;1-9-7-12(10(2)22)13(15(18)16(9)20-21-19)8-11-5-3-4-6-14(11)17/h3-7H,8H2,1-2H3;3-7H,8H2,1-2H3. The summed E-state index contributed by atoms with van der Waals surface area (Å²) in [6.07, 6.45) is -0.258. The molecule has 0 N–H and O–H groups in total. The minimum atomic E-state index is -1.08. The number of carbonyl (C=O) groups excluding carboxylic acids is 2. The van der Waals surface area contributed by atoms with Crippen LogP contribution in [-0.4, -0.2) is 11.6 Å². The molecule has 0 aromatic heterocycles. The number of nitrogens with zero attached hydrogens (tertiary/aromatic N) is 3. The molecule has 216 valence electrons. The predicted molar refractivity (Wildman–Crippen MR) is 149 cm³/mol. The van der Waals surface area contributed by atoms with E-state index in [0.717, 1.165) is 0 Å². The monoisotopic (exact) mass is 579 g/mol. The highest BCUT2D eigenvalue weighted by molar-refractivity contribution is 5.97. The summed E-state index contributed by atoms with van der Waals surface area (Å²) in [7, 11) is 0. The van der Waals surface area contributed by atoms with Gasteiger partial charge in [0.05, 0.1) is 5.69 Å². The van der Waals surface area contributed by atoms with Crippen LogP contribution >= 0.6 is 0 Å². The lowest BCUT2D eigenvalue weighted by Gasteiger charge is -2.13. The Bertz CT molecular complexity index is 1730. The second kappa shape index (κ2) is 13.7. The Morgan fingerprint density at radius 2 is 1.12 bits per heavy atom. The first-order valence-corrected chi connectivity index (χ1v) is 12.7. The smallest absolute Gasteiger partial charge is 0.163 e. The minimum Gasteiger partial charge on any atom is -0.294 e. The summed E-state index contributed by atoms with van der Waals surface area (Å²) in [4.78, 5) is 25.9. The summed E-state index contributed by atoms with van der Waals surface area (Å²) < 4.78 is 69.7. The number of hydrogen-bond donors (Lipinski definition) is 0. The van der Waals surface area contributed by atoms with Crippen molar-refractivity contribution < 1.29 is 31.5 Å². The average Bonchev–Trinajstić information content (AvgIpc) is 2.94. The van der Waals surface area contributed by atoms with E-state index in [1.165, 1.54) is 69.3 Å². The van der Waals surface area contributed by atoms with Crippen molar-refractivity contribution in [3.05, 3.63) is 145 Å². The fourth-order valence-corrected chi connectivity index (χ4v) is 4.40. The second-order valence-electron chi connectivity index (χ2n) is 9.57. The summed E-state index contributed by atoms with van der Waals surface area (Å²) in [6.45, 7) is 5.52. The number of carbonyl (C=O) groups is 2. The van der Waals surface area contributed by atoms with Gasteiger partial charge in [0.1, 0.15) is 17.5 Å². The Labute approximate surface area is 239 Å². The van der Waals surface area contributed by atoms with E-state index in [0.29, 0.717) is 5.56 Å². The van der Waals surface area contributed by atoms with Crippen molar-refractivity contribution in [2.75, 3.05) is 0 Å². The molecule has 0 atom stereocenters. The fourth-order valence-electron chi connectivity index (χ4n) is 4.40. The number of ketones is 2. The maximum atomic E-state index is 14.6. The van der Waals surface area contributed by atoms with Crippen LogP contribution in [0, 0.1) is 42.9 Å². The lowest BCUT2D eigenvalue weighted by molar-refractivity contribution is 0.100. The van der Waals surface area contributed by atoms with Crippen LogP contribution in [0.2, 0.25) is 0 Å². The van der Waals surface area contributed by atoms with E-state index >= 15 is 0 Å². The van der Waals surface area contributed by atoms with Crippen LogP contribution in [0.3, 0.4) is 0 Å². The van der Waals surface area contributed by atoms with E-state index in [9.17, 15) is 31.5 Å². The Hall–Kier alpha value is -4.82. The second-order valence-corrected chi connectivity index (χ2v) is 9.57. The van der Waals surface area contributed by atoms with Crippen LogP contribution in [0.15, 0.2) is 65.8 Å². The third-order valence-corrected chi connectivity index (χ3v) is 6.58. The summed E-state index contributed by atoms with van der Waals surface area (Å²) >= 11 is 0. The van der Waals surface area contributed by atoms with Gasteiger partial charge < -0.3 is 0 Å². The number of rotatable bonds is 7. The SMILES string of the molecule is CC(=O)c1cc(C)c(F)c(F)c1Cc1ccccc1F.CC(=O)c1cc(C)c(N=[N+]=[N-])c(F)c1Cc1ccccc1F. The van der Waals surface area contributed by atoms with Crippen LogP contribution < -0.4 is 0 Å². The highest BCUT2D eigenvalue weighted by atomic mass is 19.2. The molecular weight excluding hydrogens is 553 g/mol. The molecule has 4 aromatic carbocycles. The van der Waals surface area contributed by atoms with Gasteiger partial charge in [0, 0.05) is 40.0 Å². The van der Waals surface area contributed by atoms with Crippen molar-refractivity contribution in [1.82, 2.24) is 0 Å². The first kappa shape index (κ1) is 31.7. The molecule has 0 aliphatic rings. The van der Waals surface area contributed by atoms with Crippen molar-refractivity contribution in [3.8, 4) is 0 Å². The zero-order chi connectivity index (χ0) is 31.1. The fraction of sp³-hybridized carbons (Fsp3) is 0.188. The quantitative estimate of drug-likeness (QED) is 0.0719. The molecule has 4 aromatic rings. The Morgan fingerprint density at radius 1 is 0.690 bits per heavy atom. The molecule has 0 saturated carbocycles. The van der Waals surface area contributed by atoms with Gasteiger partial charge in [0.15, 0.2) is 23.2 Å². The molecule has 42 heavy (non-hydrogen) atoms. The molecule has 0 heterocycles. The van der Waals surface area contributed by atoms with E-state index < -0.39 is 29.1 Å². The molecular formula is C32H26F5N3O2. The van der Waals surface area contributed by atoms with Gasteiger partial charge >= 0.3 is 0 Å². The highest BCUT2D eigenvalue weighted by Crippen LogP contribution is 2.31. The van der Waals surface area contributed by atoms with E-state index in [2.05, 4.69) is 10.0 Å². The number of Topliss-reactive ketones (excluding diaryl/α,β-unsaturated/α-hetero) is 2. The molecule has 0 saturated heterocycles. The first-order chi connectivity index (χ1) is 19.9. The lowest BCUT2D eigenvalue weighted by atomic mass is 9.94. The topological polar surface area (TPSA) is 82.9 Å². The van der Waals surface area contributed by atoms with Crippen LogP contribution in [0.1, 0.15) is 67.9 Å². The molecule has 0 aliphatic heterocycles. The van der Waals surface area contributed by atoms with Crippen molar-refractivity contribution in [2.24, 2.45) is 5.11 Å². The van der Waals surface area contributed by atoms with Crippen molar-refractivity contribution >= 4 is 17.3 Å². The Kier molecular flexibility index (Phi) is 10.3. The maximum absolute atomic E-state index is 14.6. The number of hydrogen-bond acceptors (Lipinski definition) is 3. The minimum absolute atomic E-state index is 0.0330. The number of aryl methyl sites for hydroxylation is 2. The molecule has 0 fully saturated rings. The number of benzene rings is 4. The van der Waals surface area contributed by atoms with Gasteiger partial charge in [-0.05, 0) is 79.7 Å². The van der Waals surface area contributed by atoms with Gasteiger partial charge in [-0.15, -0.1) is 0 Å². The van der Waals surface area contributed by atoms with Gasteiger partial charge in [-0.2, -0.15) is 0 Å². The summed E-state index contributed by atoms with van der Waals surface area (Å²) in [5.41, 5.74) is 9.45. The molecule has 5 nitrogen and oxygen atoms in total. The van der Waals surface area contributed by atoms with Crippen LogP contribution in [-0.2, 0) is 12.8 Å². The lowest BCUT2D eigenvalue weighted by Crippen LogP contribution is -2.08. The molecule has 0 spiro atoms. The largest absolute Gasteiger partial charge is 0.294 e. The van der Waals surface area contributed by atoms with Crippen LogP contribution in [0.5, 0.6) is 0 Å². The molecule has 10 heteroatoms. The molecule has 0 aliphatic carbocycles. The van der Waals surface area contributed by atoms with Gasteiger partial charge in [0.2, 0.25) is 0 Å². The van der Waals surface area contributed by atoms with E-state index in [1.54, 1.807) is 19.1 Å². The molecule has 0 bridgehead atoms. The normalized spacial score (nSPS) is 10.4. The molecule has 4 rings (SSSR count). The zero-order valence-corrected chi connectivity index (χ0v) is 23.2. The Balaban J connectivity index is 0.000000231. The Morgan fingerprint density at radius 3 is 1.55 bits per heavy atom. The molecule has 0 unspecified atom stereocenters. The number of azide groups is 1. The third-order valence-electron chi connectivity index (χ3n) is 6.58. The maximum Gasteiger partial charge on any atom is 0.163 e. The number of halogens is 5. The van der Waals surface area contributed by atoms with Crippen molar-refractivity contribution in [3.63, 3.8) is 0 Å². The van der Waals surface area contributed by atoms with Gasteiger partial charge in [-0.3, -0.25) is 9.59 Å². The van der Waals surface area contributed by atoms with Crippen LogP contribution in [0.25, 0.3) is 10.4 Å². The third kappa shape index (κ3) is 7.08. The van der Waals surface area contributed by atoms with Crippen molar-refractivity contribution in [2.45, 2.75) is 40.5 Å². The molecule has 0 radical (unpaired) electrons. The predicted octanol–water partition coefficient (Wildman–Crippen LogP) is 9.21. The average molecular weight is 580 g/mol. The van der Waals surface area contributed by atoms with Gasteiger partial charge in [0.25, 0.3) is 0 Å². The first-order valence-electron chi connectivity index (χ1n) is 12.7. The van der Waals surface area contributed by atoms with Crippen molar-refractivity contribution in [1.29, 1.82) is 0 Å². The van der Waals surface area contributed by atoms with E-state index in [4.69, 9.17) is 5.53 Å².